The number of benzene rings is 1. The third-order valence-corrected chi connectivity index (χ3v) is 5.00. The van der Waals surface area contributed by atoms with Crippen LogP contribution in [0.4, 0.5) is 10.5 Å². The average molecular weight is 352 g/mol. The zero-order valence-electron chi connectivity index (χ0n) is 15.3. The van der Waals surface area contributed by atoms with E-state index in [-0.39, 0.29) is 12.1 Å². The second-order valence-corrected chi connectivity index (χ2v) is 7.12. The lowest BCUT2D eigenvalue weighted by atomic mass is 9.95. The number of hydrogen-bond donors (Lipinski definition) is 2. The highest BCUT2D eigenvalue weighted by molar-refractivity contribution is 5.89. The van der Waals surface area contributed by atoms with Crippen LogP contribution in [0.15, 0.2) is 18.2 Å². The highest BCUT2D eigenvalue weighted by Crippen LogP contribution is 2.30. The van der Waals surface area contributed by atoms with Gasteiger partial charge in [0.15, 0.2) is 0 Å². The van der Waals surface area contributed by atoms with Gasteiger partial charge in [0.25, 0.3) is 0 Å². The van der Waals surface area contributed by atoms with E-state index in [4.69, 9.17) is 4.74 Å². The number of carbonyl (C=O) groups is 1. The quantitative estimate of drug-likeness (QED) is 0.888. The zero-order chi connectivity index (χ0) is 18.1. The van der Waals surface area contributed by atoms with Gasteiger partial charge < -0.3 is 15.4 Å². The Morgan fingerprint density at radius 3 is 3.00 bits per heavy atom. The molecular formula is C20H24N4O2. The molecular weight excluding hydrogens is 328 g/mol. The summed E-state index contributed by atoms with van der Waals surface area (Å²) in [6, 6.07) is 5.48. The van der Waals surface area contributed by atoms with Gasteiger partial charge >= 0.3 is 6.03 Å². The van der Waals surface area contributed by atoms with Crippen molar-refractivity contribution in [1.29, 1.82) is 0 Å². The molecule has 0 saturated heterocycles. The van der Waals surface area contributed by atoms with Crippen LogP contribution in [0.2, 0.25) is 0 Å². The molecule has 2 aliphatic rings. The molecule has 136 valence electrons. The van der Waals surface area contributed by atoms with Crippen LogP contribution in [0.3, 0.4) is 0 Å². The Labute approximate surface area is 153 Å². The van der Waals surface area contributed by atoms with Crippen LogP contribution in [-0.2, 0) is 25.8 Å². The van der Waals surface area contributed by atoms with Crippen molar-refractivity contribution in [1.82, 2.24) is 15.3 Å². The van der Waals surface area contributed by atoms with Crippen LogP contribution < -0.4 is 15.4 Å². The number of aromatic nitrogens is 2. The maximum atomic E-state index is 12.2. The van der Waals surface area contributed by atoms with E-state index in [0.29, 0.717) is 12.4 Å². The molecule has 0 saturated carbocycles. The number of hydrogen-bond acceptors (Lipinski definition) is 4. The van der Waals surface area contributed by atoms with Crippen LogP contribution in [0.25, 0.3) is 0 Å². The molecule has 1 aromatic carbocycles. The molecule has 4 rings (SSSR count). The van der Waals surface area contributed by atoms with Crippen LogP contribution >= 0.6 is 0 Å². The van der Waals surface area contributed by atoms with E-state index in [2.05, 4.69) is 20.6 Å². The van der Waals surface area contributed by atoms with E-state index >= 15 is 0 Å². The summed E-state index contributed by atoms with van der Waals surface area (Å²) in [5.41, 5.74) is 5.37. The normalized spacial score (nSPS) is 17.8. The summed E-state index contributed by atoms with van der Waals surface area (Å²) >= 11 is 0. The van der Waals surface area contributed by atoms with Crippen molar-refractivity contribution in [3.05, 3.63) is 46.5 Å². The Bertz CT molecular complexity index is 850. The number of fused-ring (bicyclic) bond motifs is 2. The highest BCUT2D eigenvalue weighted by atomic mass is 16.5. The molecule has 0 bridgehead atoms. The van der Waals surface area contributed by atoms with Crippen LogP contribution in [0, 0.1) is 6.92 Å². The van der Waals surface area contributed by atoms with Gasteiger partial charge in [-0.15, -0.1) is 0 Å². The molecule has 2 N–H and O–H groups in total. The number of amides is 2. The smallest absolute Gasteiger partial charge is 0.319 e. The minimum absolute atomic E-state index is 0.193. The van der Waals surface area contributed by atoms with Gasteiger partial charge in [0.05, 0.1) is 6.54 Å². The number of ether oxygens (including phenoxy) is 1. The molecule has 1 aliphatic carbocycles. The summed E-state index contributed by atoms with van der Waals surface area (Å²) in [4.78, 5) is 21.4. The number of rotatable bonds is 3. The molecule has 1 atom stereocenters. The van der Waals surface area contributed by atoms with Crippen molar-refractivity contribution >= 4 is 11.7 Å². The van der Waals surface area contributed by atoms with Crippen LogP contribution in [-0.4, -0.2) is 22.1 Å². The fourth-order valence-corrected chi connectivity index (χ4v) is 3.76. The number of urea groups is 1. The summed E-state index contributed by atoms with van der Waals surface area (Å²) < 4.78 is 5.68. The van der Waals surface area contributed by atoms with Gasteiger partial charge in [0, 0.05) is 23.5 Å². The minimum Gasteiger partial charge on any atom is -0.490 e. The Hall–Kier alpha value is -2.63. The summed E-state index contributed by atoms with van der Waals surface area (Å²) in [5.74, 6) is 1.58. The van der Waals surface area contributed by atoms with E-state index in [1.165, 1.54) is 18.4 Å². The number of nitrogens with zero attached hydrogens (tertiary/aromatic N) is 2. The monoisotopic (exact) mass is 352 g/mol. The molecule has 1 unspecified atom stereocenters. The fourth-order valence-electron chi connectivity index (χ4n) is 3.76. The van der Waals surface area contributed by atoms with Crippen molar-refractivity contribution in [2.24, 2.45) is 0 Å². The van der Waals surface area contributed by atoms with E-state index in [1.54, 1.807) is 0 Å². The molecule has 0 fully saturated rings. The Morgan fingerprint density at radius 1 is 1.27 bits per heavy atom. The Balaban J connectivity index is 1.37. The number of anilines is 1. The summed E-state index contributed by atoms with van der Waals surface area (Å²) in [6.07, 6.45) is 5.52. The van der Waals surface area contributed by atoms with Gasteiger partial charge in [-0.2, -0.15) is 0 Å². The Kier molecular flexibility index (Phi) is 4.49. The van der Waals surface area contributed by atoms with Gasteiger partial charge in [-0.3, -0.25) is 0 Å². The maximum absolute atomic E-state index is 12.2. The fraction of sp³-hybridized carbons (Fsp3) is 0.450. The average Bonchev–Trinajstić information content (AvgIpc) is 2.99. The molecule has 2 amide bonds. The first-order valence-electron chi connectivity index (χ1n) is 9.28. The van der Waals surface area contributed by atoms with Gasteiger partial charge in [-0.1, -0.05) is 0 Å². The van der Waals surface area contributed by atoms with Gasteiger partial charge in [-0.25, -0.2) is 14.8 Å². The van der Waals surface area contributed by atoms with Crippen LogP contribution in [0.1, 0.15) is 48.1 Å². The molecule has 0 spiro atoms. The number of carbonyl (C=O) groups excluding carboxylic acids is 1. The minimum atomic E-state index is -0.254. The topological polar surface area (TPSA) is 76.1 Å². The van der Waals surface area contributed by atoms with E-state index in [0.717, 1.165) is 47.7 Å². The second-order valence-electron chi connectivity index (χ2n) is 7.12. The summed E-state index contributed by atoms with van der Waals surface area (Å²) in [7, 11) is 0. The van der Waals surface area contributed by atoms with Crippen molar-refractivity contribution < 1.29 is 9.53 Å². The summed E-state index contributed by atoms with van der Waals surface area (Å²) in [5, 5.41) is 5.72. The van der Waals surface area contributed by atoms with Crippen molar-refractivity contribution in [2.45, 2.75) is 58.6 Å². The van der Waals surface area contributed by atoms with Crippen LogP contribution in [0.5, 0.6) is 5.75 Å². The lowest BCUT2D eigenvalue weighted by molar-refractivity contribution is 0.251. The maximum Gasteiger partial charge on any atom is 0.319 e. The second kappa shape index (κ2) is 6.94. The molecule has 6 nitrogen and oxygen atoms in total. The van der Waals surface area contributed by atoms with E-state index in [9.17, 15) is 4.79 Å². The van der Waals surface area contributed by atoms with Crippen molar-refractivity contribution in [3.63, 3.8) is 0 Å². The van der Waals surface area contributed by atoms with Crippen molar-refractivity contribution in [2.75, 3.05) is 5.32 Å². The Morgan fingerprint density at radius 2 is 2.12 bits per heavy atom. The predicted octanol–water partition coefficient (Wildman–Crippen LogP) is 3.31. The van der Waals surface area contributed by atoms with E-state index in [1.807, 2.05) is 32.0 Å². The number of aryl methyl sites for hydroxylation is 2. The number of nitrogens with one attached hydrogen (secondary N) is 2. The third-order valence-electron chi connectivity index (χ3n) is 5.00. The molecule has 1 aliphatic heterocycles. The van der Waals surface area contributed by atoms with Gasteiger partial charge in [0.2, 0.25) is 0 Å². The van der Waals surface area contributed by atoms with Crippen molar-refractivity contribution in [3.8, 4) is 5.75 Å². The first-order chi connectivity index (χ1) is 12.6. The summed E-state index contributed by atoms with van der Waals surface area (Å²) in [6.45, 7) is 4.40. The molecule has 2 heterocycles. The first-order valence-corrected chi connectivity index (χ1v) is 9.28. The lowest BCUT2D eigenvalue weighted by Crippen LogP contribution is -2.29. The highest BCUT2D eigenvalue weighted by Gasteiger charge is 2.19. The predicted molar refractivity (Wildman–Crippen MR) is 99.5 cm³/mol. The SMILES string of the molecule is Cc1nc(CNC(=O)Nc2ccc3c(c2)CC(C)O3)nc2c1CCCC2. The molecule has 6 heteroatoms. The van der Waals surface area contributed by atoms with E-state index < -0.39 is 0 Å². The first kappa shape index (κ1) is 16.8. The van der Waals surface area contributed by atoms with Gasteiger partial charge in [0.1, 0.15) is 17.7 Å². The molecule has 1 aromatic heterocycles. The molecule has 2 aromatic rings. The third kappa shape index (κ3) is 3.49. The molecule has 0 radical (unpaired) electrons. The zero-order valence-corrected chi connectivity index (χ0v) is 15.3. The largest absolute Gasteiger partial charge is 0.490 e. The van der Waals surface area contributed by atoms with Gasteiger partial charge in [-0.05, 0) is 68.9 Å². The molecule has 26 heavy (non-hydrogen) atoms. The standard InChI is InChI=1S/C20H24N4O2/c1-12-9-14-10-15(7-8-18(14)26-12)23-20(25)21-11-19-22-13(2)16-5-3-4-6-17(16)24-19/h7-8,10,12H,3-6,9,11H2,1-2H3,(H2,21,23,25). The lowest BCUT2D eigenvalue weighted by Gasteiger charge is -2.17.